The first-order valence-corrected chi connectivity index (χ1v) is 11.4. The van der Waals surface area contributed by atoms with Gasteiger partial charge in [0.25, 0.3) is 5.91 Å². The van der Waals surface area contributed by atoms with E-state index in [1.54, 1.807) is 18.2 Å². The number of benzene rings is 2. The number of sulfonamides is 1. The van der Waals surface area contributed by atoms with E-state index in [9.17, 15) is 13.2 Å². The van der Waals surface area contributed by atoms with Gasteiger partial charge in [-0.25, -0.2) is 12.7 Å². The lowest BCUT2D eigenvalue weighted by Crippen LogP contribution is -2.22. The molecule has 0 radical (unpaired) electrons. The fraction of sp³-hybridized carbons (Fsp3) is 0.190. The molecule has 156 valence electrons. The van der Waals surface area contributed by atoms with E-state index in [0.717, 1.165) is 14.7 Å². The molecule has 1 aromatic heterocycles. The summed E-state index contributed by atoms with van der Waals surface area (Å²) in [4.78, 5) is 14.2. The summed E-state index contributed by atoms with van der Waals surface area (Å²) in [5.41, 5.74) is 1.35. The van der Waals surface area contributed by atoms with E-state index in [2.05, 4.69) is 5.32 Å². The summed E-state index contributed by atoms with van der Waals surface area (Å²) >= 11 is 1.34. The highest BCUT2D eigenvalue weighted by Gasteiger charge is 2.19. The molecule has 0 fully saturated rings. The van der Waals surface area contributed by atoms with Gasteiger partial charge in [0.2, 0.25) is 10.0 Å². The monoisotopic (exact) mass is 444 g/mol. The van der Waals surface area contributed by atoms with Crippen molar-refractivity contribution in [1.82, 2.24) is 4.31 Å². The van der Waals surface area contributed by atoms with Gasteiger partial charge >= 0.3 is 0 Å². The highest BCUT2D eigenvalue weighted by Crippen LogP contribution is 2.37. The first-order valence-electron chi connectivity index (χ1n) is 9.18. The van der Waals surface area contributed by atoms with Gasteiger partial charge in [-0.2, -0.15) is 0 Å². The van der Waals surface area contributed by atoms with Gasteiger partial charge in [0, 0.05) is 24.7 Å². The number of carbonyl (C=O) groups is 1. The van der Waals surface area contributed by atoms with Crippen LogP contribution in [-0.2, 0) is 10.0 Å². The van der Waals surface area contributed by atoms with Crippen LogP contribution in [0.2, 0.25) is 0 Å². The maximum Gasteiger partial charge on any atom is 0.265 e. The average molecular weight is 445 g/mol. The molecule has 9 heteroatoms. The zero-order valence-corrected chi connectivity index (χ0v) is 18.0. The quantitative estimate of drug-likeness (QED) is 0.649. The van der Waals surface area contributed by atoms with Gasteiger partial charge in [-0.15, -0.1) is 11.3 Å². The third-order valence-electron chi connectivity index (χ3n) is 4.53. The van der Waals surface area contributed by atoms with Crippen LogP contribution in [0.15, 0.2) is 59.5 Å². The van der Waals surface area contributed by atoms with Crippen molar-refractivity contribution in [2.75, 3.05) is 32.6 Å². The number of amides is 1. The Labute approximate surface area is 178 Å². The van der Waals surface area contributed by atoms with Crippen LogP contribution >= 0.6 is 11.3 Å². The maximum absolute atomic E-state index is 12.7. The lowest BCUT2D eigenvalue weighted by atomic mass is 10.1. The van der Waals surface area contributed by atoms with Crippen molar-refractivity contribution in [2.24, 2.45) is 0 Å². The molecule has 30 heavy (non-hydrogen) atoms. The number of nitrogens with zero attached hydrogens (tertiary/aromatic N) is 1. The van der Waals surface area contributed by atoms with Crippen molar-refractivity contribution in [2.45, 2.75) is 4.90 Å². The topological polar surface area (TPSA) is 84.9 Å². The summed E-state index contributed by atoms with van der Waals surface area (Å²) in [6.45, 7) is 1.05. The highest BCUT2D eigenvalue weighted by molar-refractivity contribution is 7.89. The fourth-order valence-electron chi connectivity index (χ4n) is 2.95. The third-order valence-corrected chi connectivity index (χ3v) is 7.47. The molecule has 1 aliphatic rings. The third kappa shape index (κ3) is 4.04. The molecule has 2 aromatic carbocycles. The number of carbonyl (C=O) groups excluding carboxylic acids is 1. The fourth-order valence-corrected chi connectivity index (χ4v) is 4.80. The molecule has 0 saturated carbocycles. The lowest BCUT2D eigenvalue weighted by molar-refractivity contribution is 0.103. The molecule has 0 bridgehead atoms. The number of nitrogens with one attached hydrogen (secondary N) is 1. The smallest absolute Gasteiger partial charge is 0.265 e. The first kappa shape index (κ1) is 20.4. The molecule has 0 saturated heterocycles. The Morgan fingerprint density at radius 1 is 1.00 bits per heavy atom. The van der Waals surface area contributed by atoms with Gasteiger partial charge in [0.1, 0.15) is 13.2 Å². The molecule has 4 rings (SSSR count). The summed E-state index contributed by atoms with van der Waals surface area (Å²) in [7, 11) is -0.649. The van der Waals surface area contributed by atoms with Crippen LogP contribution in [0.1, 0.15) is 9.67 Å². The zero-order chi connectivity index (χ0) is 21.3. The van der Waals surface area contributed by atoms with E-state index in [-0.39, 0.29) is 10.8 Å². The van der Waals surface area contributed by atoms with Crippen molar-refractivity contribution < 1.29 is 22.7 Å². The van der Waals surface area contributed by atoms with Gasteiger partial charge in [0.15, 0.2) is 11.5 Å². The Morgan fingerprint density at radius 3 is 2.53 bits per heavy atom. The van der Waals surface area contributed by atoms with Crippen LogP contribution in [0.3, 0.4) is 0 Å². The zero-order valence-electron chi connectivity index (χ0n) is 16.4. The van der Waals surface area contributed by atoms with E-state index < -0.39 is 10.0 Å². The average Bonchev–Trinajstić information content (AvgIpc) is 3.24. The summed E-state index contributed by atoms with van der Waals surface area (Å²) in [6.07, 6.45) is 0. The largest absolute Gasteiger partial charge is 0.486 e. The number of rotatable bonds is 5. The Morgan fingerprint density at radius 2 is 1.77 bits per heavy atom. The molecule has 1 amide bonds. The van der Waals surface area contributed by atoms with Crippen molar-refractivity contribution in [3.05, 3.63) is 59.5 Å². The van der Waals surface area contributed by atoms with E-state index in [1.807, 2.05) is 24.3 Å². The Bertz CT molecular complexity index is 1200. The predicted octanol–water partition coefficient (Wildman–Crippen LogP) is 3.69. The van der Waals surface area contributed by atoms with Crippen LogP contribution in [-0.4, -0.2) is 45.9 Å². The predicted molar refractivity (Wildman–Crippen MR) is 116 cm³/mol. The van der Waals surface area contributed by atoms with Crippen LogP contribution in [0.4, 0.5) is 5.69 Å². The number of anilines is 1. The number of hydrogen-bond donors (Lipinski definition) is 1. The number of ether oxygens (including phenoxy) is 2. The van der Waals surface area contributed by atoms with E-state index in [0.29, 0.717) is 35.3 Å². The molecule has 3 aromatic rings. The number of fused-ring (bicyclic) bond motifs is 1. The van der Waals surface area contributed by atoms with Gasteiger partial charge in [-0.1, -0.05) is 6.07 Å². The van der Waals surface area contributed by atoms with Gasteiger partial charge in [-0.05, 0) is 54.1 Å². The Balaban J connectivity index is 1.53. The summed E-state index contributed by atoms with van der Waals surface area (Å²) < 4.78 is 36.9. The van der Waals surface area contributed by atoms with Crippen LogP contribution in [0.5, 0.6) is 11.5 Å². The van der Waals surface area contributed by atoms with Crippen molar-refractivity contribution in [3.8, 4) is 21.9 Å². The second kappa shape index (κ2) is 8.10. The molecule has 2 heterocycles. The van der Waals surface area contributed by atoms with Crippen LogP contribution < -0.4 is 14.8 Å². The summed E-state index contributed by atoms with van der Waals surface area (Å²) in [5, 5.41) is 2.77. The molecular formula is C21H20N2O5S2. The van der Waals surface area contributed by atoms with E-state index in [4.69, 9.17) is 9.47 Å². The second-order valence-corrected chi connectivity index (χ2v) is 10.0. The molecular weight excluding hydrogens is 424 g/mol. The minimum absolute atomic E-state index is 0.119. The first-order chi connectivity index (χ1) is 14.3. The maximum atomic E-state index is 12.7. The summed E-state index contributed by atoms with van der Waals surface area (Å²) in [6, 6.07) is 15.5. The van der Waals surface area contributed by atoms with Crippen LogP contribution in [0.25, 0.3) is 10.4 Å². The molecule has 1 N–H and O–H groups in total. The molecule has 7 nitrogen and oxygen atoms in total. The number of hydrogen-bond acceptors (Lipinski definition) is 6. The minimum atomic E-state index is -3.58. The lowest BCUT2D eigenvalue weighted by Gasteiger charge is -2.18. The highest BCUT2D eigenvalue weighted by atomic mass is 32.2. The molecule has 0 aliphatic carbocycles. The normalized spacial score (nSPS) is 13.3. The van der Waals surface area contributed by atoms with Crippen molar-refractivity contribution >= 4 is 33.0 Å². The summed E-state index contributed by atoms with van der Waals surface area (Å²) in [5.74, 6) is 1.10. The van der Waals surface area contributed by atoms with E-state index in [1.165, 1.54) is 37.6 Å². The molecule has 0 spiro atoms. The minimum Gasteiger partial charge on any atom is -0.486 e. The second-order valence-electron chi connectivity index (χ2n) is 6.79. The molecule has 0 unspecified atom stereocenters. The van der Waals surface area contributed by atoms with Gasteiger partial charge < -0.3 is 14.8 Å². The Kier molecular flexibility index (Phi) is 5.50. The van der Waals surface area contributed by atoms with Crippen LogP contribution in [0, 0.1) is 0 Å². The van der Waals surface area contributed by atoms with Crippen molar-refractivity contribution in [3.63, 3.8) is 0 Å². The standard InChI is InChI=1S/C21H20N2O5S2/c1-23(2)30(25,26)16-5-3-4-15(13-16)22-21(24)20-9-8-19(29-20)14-6-7-17-18(12-14)28-11-10-27-17/h3-9,12-13H,10-11H2,1-2H3,(H,22,24). The SMILES string of the molecule is CN(C)S(=O)(=O)c1cccc(NC(=O)c2ccc(-c3ccc4c(c3)OCCO4)s2)c1. The molecule has 0 atom stereocenters. The van der Waals surface area contributed by atoms with E-state index >= 15 is 0 Å². The number of thiophene rings is 1. The Hall–Kier alpha value is -2.88. The molecule has 1 aliphatic heterocycles. The van der Waals surface area contributed by atoms with Crippen molar-refractivity contribution in [1.29, 1.82) is 0 Å². The van der Waals surface area contributed by atoms with Gasteiger partial charge in [0.05, 0.1) is 9.77 Å². The van der Waals surface area contributed by atoms with Gasteiger partial charge in [-0.3, -0.25) is 4.79 Å².